The lowest BCUT2D eigenvalue weighted by Gasteiger charge is -2.29. The van der Waals surface area contributed by atoms with Crippen molar-refractivity contribution in [2.75, 3.05) is 0 Å². The van der Waals surface area contributed by atoms with Crippen molar-refractivity contribution in [1.29, 1.82) is 5.26 Å². The summed E-state index contributed by atoms with van der Waals surface area (Å²) in [7, 11) is 0. The first-order valence-electron chi connectivity index (χ1n) is 30.6. The summed E-state index contributed by atoms with van der Waals surface area (Å²) in [6.07, 6.45) is 1.86. The van der Waals surface area contributed by atoms with Gasteiger partial charge in [-0.2, -0.15) is 5.26 Å². The van der Waals surface area contributed by atoms with Gasteiger partial charge in [-0.3, -0.25) is 4.98 Å². The predicted molar refractivity (Wildman–Crippen MR) is 373 cm³/mol. The van der Waals surface area contributed by atoms with Crippen LogP contribution in [0.2, 0.25) is 0 Å². The van der Waals surface area contributed by atoms with Gasteiger partial charge in [-0.25, -0.2) is 0 Å². The third-order valence-corrected chi connectivity index (χ3v) is 18.4. The van der Waals surface area contributed by atoms with Crippen molar-refractivity contribution in [3.8, 4) is 84.6 Å². The molecule has 90 heavy (non-hydrogen) atoms. The van der Waals surface area contributed by atoms with E-state index in [0.29, 0.717) is 16.8 Å². The second-order valence-electron chi connectivity index (χ2n) is 23.3. The van der Waals surface area contributed by atoms with Crippen molar-refractivity contribution in [3.63, 3.8) is 0 Å². The van der Waals surface area contributed by atoms with Crippen LogP contribution in [-0.2, 0) is 0 Å². The fourth-order valence-electron chi connectivity index (χ4n) is 14.5. The predicted octanol–water partition coefficient (Wildman–Crippen LogP) is 21.7. The second-order valence-corrected chi connectivity index (χ2v) is 23.3. The molecule has 0 bridgehead atoms. The quantitative estimate of drug-likeness (QED) is 0.145. The van der Waals surface area contributed by atoms with Gasteiger partial charge in [0.05, 0.1) is 78.1 Å². The van der Waals surface area contributed by atoms with E-state index >= 15 is 0 Å². The average Bonchev–Trinajstić information content (AvgIpc) is 1.43. The van der Waals surface area contributed by atoms with Gasteiger partial charge in [0.1, 0.15) is 6.07 Å². The van der Waals surface area contributed by atoms with Crippen LogP contribution in [-0.4, -0.2) is 23.3 Å². The zero-order valence-electron chi connectivity index (χ0n) is 48.7. The smallest absolute Gasteiger partial charge is 0.102 e. The third kappa shape index (κ3) is 7.73. The van der Waals surface area contributed by atoms with E-state index in [1.807, 2.05) is 18.3 Å². The number of hydrogen-bond donors (Lipinski definition) is 0. The summed E-state index contributed by atoms with van der Waals surface area (Å²) in [6.45, 7) is 0. The van der Waals surface area contributed by atoms with Crippen LogP contribution in [0.4, 0.5) is 0 Å². The van der Waals surface area contributed by atoms with Crippen LogP contribution < -0.4 is 0 Å². The first-order chi connectivity index (χ1) is 44.7. The molecule has 0 saturated heterocycles. The van der Waals surface area contributed by atoms with E-state index in [4.69, 9.17) is 4.98 Å². The molecule has 6 heteroatoms. The lowest BCUT2D eigenvalue weighted by atomic mass is 9.95. The van der Waals surface area contributed by atoms with Gasteiger partial charge < -0.3 is 18.3 Å². The Labute approximate surface area is 518 Å². The van der Waals surface area contributed by atoms with Gasteiger partial charge in [0, 0.05) is 54.9 Å². The van der Waals surface area contributed by atoms with Gasteiger partial charge in [0.2, 0.25) is 0 Å². The molecule has 5 aromatic heterocycles. The SMILES string of the molecule is N#Cc1c(-c2ccccn2)c(-n2c3ccccc3c3cc(-c4ccccc4)ccc32)c(-n2c3ccccc3c3cc(-c4ccccc4)ccc32)c(-n2c3ccccc3c3cc(-c4ccccc4)ccc32)c1-n1c2ccccc2c2cc(-c3ccccc3)ccc21. The van der Waals surface area contributed by atoms with Crippen molar-refractivity contribution in [2.45, 2.75) is 0 Å². The summed E-state index contributed by atoms with van der Waals surface area (Å²) in [4.78, 5) is 5.37. The third-order valence-electron chi connectivity index (χ3n) is 18.4. The molecule has 18 rings (SSSR count). The Kier molecular flexibility index (Phi) is 11.6. The molecule has 0 fully saturated rings. The number of nitriles is 1. The van der Waals surface area contributed by atoms with Gasteiger partial charge in [-0.05, 0) is 129 Å². The zero-order chi connectivity index (χ0) is 59.4. The molecule has 0 amide bonds. The van der Waals surface area contributed by atoms with E-state index in [2.05, 4.69) is 322 Å². The molecule has 18 aromatic rings. The summed E-state index contributed by atoms with van der Waals surface area (Å²) >= 11 is 0. The molecular weight excluding hydrogens is 1090 g/mol. The minimum atomic E-state index is 0.475. The zero-order valence-corrected chi connectivity index (χ0v) is 48.7. The molecular formula is C84H52N6. The lowest BCUT2D eigenvalue weighted by molar-refractivity contribution is 1.02. The Bertz CT molecular complexity index is 5950. The number of benzene rings is 13. The largest absolute Gasteiger partial charge is 0.306 e. The number of hydrogen-bond acceptors (Lipinski definition) is 2. The van der Waals surface area contributed by atoms with Crippen LogP contribution in [0, 0.1) is 11.3 Å². The Balaban J connectivity index is 1.12. The summed E-state index contributed by atoms with van der Waals surface area (Å²) < 4.78 is 9.84. The maximum atomic E-state index is 13.0. The molecule has 0 unspecified atom stereocenters. The molecule has 0 aliphatic carbocycles. The van der Waals surface area contributed by atoms with E-state index < -0.39 is 0 Å². The highest BCUT2D eigenvalue weighted by molar-refractivity contribution is 6.18. The Hall–Kier alpha value is -12.3. The molecule has 418 valence electrons. The number of fused-ring (bicyclic) bond motifs is 12. The maximum Gasteiger partial charge on any atom is 0.102 e. The maximum absolute atomic E-state index is 13.0. The monoisotopic (exact) mass is 1140 g/mol. The van der Waals surface area contributed by atoms with Gasteiger partial charge in [0.15, 0.2) is 0 Å². The summed E-state index contributed by atoms with van der Waals surface area (Å²) in [5.74, 6) is 0. The fraction of sp³-hybridized carbons (Fsp3) is 0. The molecule has 0 radical (unpaired) electrons. The number of aromatic nitrogens is 5. The van der Waals surface area contributed by atoms with E-state index in [1.54, 1.807) is 0 Å². The topological polar surface area (TPSA) is 56.4 Å². The van der Waals surface area contributed by atoms with Crippen LogP contribution in [0.25, 0.3) is 166 Å². The van der Waals surface area contributed by atoms with Crippen LogP contribution in [0.5, 0.6) is 0 Å². The highest BCUT2D eigenvalue weighted by Gasteiger charge is 2.36. The molecule has 0 saturated carbocycles. The summed E-state index contributed by atoms with van der Waals surface area (Å²) in [6, 6.07) is 114. The Morgan fingerprint density at radius 3 is 0.833 bits per heavy atom. The van der Waals surface area contributed by atoms with E-state index in [0.717, 1.165) is 154 Å². The number of para-hydroxylation sites is 4. The van der Waals surface area contributed by atoms with Crippen LogP contribution in [0.15, 0.2) is 316 Å². The Morgan fingerprint density at radius 1 is 0.233 bits per heavy atom. The van der Waals surface area contributed by atoms with Crippen molar-refractivity contribution in [2.24, 2.45) is 0 Å². The normalized spacial score (nSPS) is 11.8. The minimum Gasteiger partial charge on any atom is -0.306 e. The lowest BCUT2D eigenvalue weighted by Crippen LogP contribution is -2.17. The number of rotatable bonds is 9. The highest BCUT2D eigenvalue weighted by atomic mass is 15.1. The van der Waals surface area contributed by atoms with Crippen molar-refractivity contribution >= 4 is 87.2 Å². The number of nitrogens with zero attached hydrogens (tertiary/aromatic N) is 6. The number of pyridine rings is 1. The molecule has 0 atom stereocenters. The highest BCUT2D eigenvalue weighted by Crippen LogP contribution is 2.52. The van der Waals surface area contributed by atoms with Gasteiger partial charge in [0.25, 0.3) is 0 Å². The van der Waals surface area contributed by atoms with Crippen LogP contribution >= 0.6 is 0 Å². The van der Waals surface area contributed by atoms with E-state index in [9.17, 15) is 5.26 Å². The van der Waals surface area contributed by atoms with Crippen molar-refractivity contribution in [1.82, 2.24) is 23.3 Å². The van der Waals surface area contributed by atoms with Gasteiger partial charge >= 0.3 is 0 Å². The second kappa shape index (κ2) is 20.4. The van der Waals surface area contributed by atoms with Crippen molar-refractivity contribution < 1.29 is 0 Å². The summed E-state index contributed by atoms with van der Waals surface area (Å²) in [5.41, 5.74) is 22.0. The first-order valence-corrected chi connectivity index (χ1v) is 30.6. The molecule has 0 N–H and O–H groups in total. The van der Waals surface area contributed by atoms with Crippen molar-refractivity contribution in [3.05, 3.63) is 321 Å². The summed E-state index contributed by atoms with van der Waals surface area (Å²) in [5, 5.41) is 21.7. The van der Waals surface area contributed by atoms with E-state index in [1.165, 1.54) is 0 Å². The molecule has 0 aliphatic heterocycles. The van der Waals surface area contributed by atoms with Gasteiger partial charge in [-0.15, -0.1) is 0 Å². The van der Waals surface area contributed by atoms with Gasteiger partial charge in [-0.1, -0.05) is 224 Å². The molecule has 5 heterocycles. The first kappa shape index (κ1) is 51.0. The molecule has 0 spiro atoms. The fourth-order valence-corrected chi connectivity index (χ4v) is 14.5. The van der Waals surface area contributed by atoms with E-state index in [-0.39, 0.29) is 0 Å². The minimum absolute atomic E-state index is 0.475. The molecule has 0 aliphatic rings. The standard InChI is InChI=1S/C84H52N6/c85-53-70-80(71-35-21-22-48-86-71)82(88-73-37-18-14-32-63(73)67-50-59(41-45-77(67)88)55-25-7-2-8-26-55)84(90-75-39-20-16-34-65(75)69-52-61(43-47-79(69)90)57-29-11-4-12-30-57)83(89-74-38-19-15-33-64(74)68-51-60(42-46-78(68)89)56-27-9-3-10-28-56)81(70)87-72-36-17-13-31-62(72)66-49-58(40-44-76(66)87)54-23-5-1-6-24-54/h1-52H. The Morgan fingerprint density at radius 2 is 0.511 bits per heavy atom. The average molecular weight is 1150 g/mol. The molecule has 13 aromatic carbocycles. The van der Waals surface area contributed by atoms with Crippen LogP contribution in [0.1, 0.15) is 5.56 Å². The van der Waals surface area contributed by atoms with Crippen LogP contribution in [0.3, 0.4) is 0 Å². The molecule has 6 nitrogen and oxygen atoms in total.